The van der Waals surface area contributed by atoms with Crippen molar-refractivity contribution in [2.75, 3.05) is 20.2 Å². The molecule has 3 fully saturated rings. The molecule has 3 N–H and O–H groups in total. The molecule has 3 amide bonds. The minimum Gasteiger partial charge on any atom is -0.394 e. The lowest BCUT2D eigenvalue weighted by atomic mass is 9.70. The minimum absolute atomic E-state index is 0.215. The number of nitrogens with one attached hydrogen (secondary N) is 2. The van der Waals surface area contributed by atoms with Crippen LogP contribution in [-0.4, -0.2) is 71.7 Å². The predicted molar refractivity (Wildman–Crippen MR) is 111 cm³/mol. The fourth-order valence-corrected chi connectivity index (χ4v) is 5.75. The zero-order chi connectivity index (χ0) is 22.1. The quantitative estimate of drug-likeness (QED) is 0.451. The first-order valence-electron chi connectivity index (χ1n) is 11.4. The van der Waals surface area contributed by atoms with Gasteiger partial charge in [0.2, 0.25) is 17.7 Å². The number of hydrogen-bond donors (Lipinski definition) is 3. The number of amides is 3. The van der Waals surface area contributed by atoms with Crippen LogP contribution in [0.25, 0.3) is 0 Å². The van der Waals surface area contributed by atoms with Gasteiger partial charge in [-0.2, -0.15) is 0 Å². The number of unbranched alkanes of at least 4 members (excludes halogenated alkanes) is 2. The number of fused-ring (bicyclic) bond motifs is 1. The Kier molecular flexibility index (Phi) is 7.07. The Morgan fingerprint density at radius 2 is 2.03 bits per heavy atom. The van der Waals surface area contributed by atoms with E-state index in [2.05, 4.69) is 17.6 Å². The predicted octanol–water partition coefficient (Wildman–Crippen LogP) is 0.820. The van der Waals surface area contributed by atoms with Crippen molar-refractivity contribution < 1.29 is 24.2 Å². The second-order valence-corrected chi connectivity index (χ2v) is 9.38. The summed E-state index contributed by atoms with van der Waals surface area (Å²) in [5, 5.41) is 15.8. The maximum Gasteiger partial charge on any atom is 0.245 e. The van der Waals surface area contributed by atoms with Crippen molar-refractivity contribution in [1.29, 1.82) is 0 Å². The molecule has 0 aliphatic carbocycles. The van der Waals surface area contributed by atoms with E-state index >= 15 is 0 Å². The number of carbonyl (C=O) groups is 3. The van der Waals surface area contributed by atoms with Crippen molar-refractivity contribution in [2.24, 2.45) is 17.8 Å². The summed E-state index contributed by atoms with van der Waals surface area (Å²) in [6.07, 6.45) is 4.42. The average molecular weight is 424 g/mol. The van der Waals surface area contributed by atoms with Gasteiger partial charge in [0.15, 0.2) is 0 Å². The summed E-state index contributed by atoms with van der Waals surface area (Å²) in [6, 6.07) is -1.29. The molecule has 2 unspecified atom stereocenters. The van der Waals surface area contributed by atoms with Crippen LogP contribution in [0.4, 0.5) is 0 Å². The second-order valence-electron chi connectivity index (χ2n) is 9.38. The van der Waals surface area contributed by atoms with Gasteiger partial charge in [0.25, 0.3) is 0 Å². The van der Waals surface area contributed by atoms with Gasteiger partial charge >= 0.3 is 0 Å². The molecule has 6 atom stereocenters. The smallest absolute Gasteiger partial charge is 0.245 e. The van der Waals surface area contributed by atoms with E-state index in [-0.39, 0.29) is 36.4 Å². The second kappa shape index (κ2) is 9.22. The van der Waals surface area contributed by atoms with Gasteiger partial charge in [0.1, 0.15) is 11.6 Å². The van der Waals surface area contributed by atoms with Gasteiger partial charge < -0.3 is 25.4 Å². The molecule has 30 heavy (non-hydrogen) atoms. The van der Waals surface area contributed by atoms with Crippen LogP contribution in [0.5, 0.6) is 0 Å². The van der Waals surface area contributed by atoms with Gasteiger partial charge in [-0.05, 0) is 31.6 Å². The first-order chi connectivity index (χ1) is 14.3. The average Bonchev–Trinajstić information content (AvgIpc) is 3.36. The zero-order valence-corrected chi connectivity index (χ0v) is 18.6. The third-order valence-corrected chi connectivity index (χ3v) is 6.96. The van der Waals surface area contributed by atoms with Crippen molar-refractivity contribution in [3.63, 3.8) is 0 Å². The highest BCUT2D eigenvalue weighted by molar-refractivity contribution is 5.99. The van der Waals surface area contributed by atoms with E-state index in [0.717, 1.165) is 19.3 Å². The van der Waals surface area contributed by atoms with Gasteiger partial charge in [-0.25, -0.2) is 0 Å². The van der Waals surface area contributed by atoms with E-state index in [1.165, 1.54) is 0 Å². The van der Waals surface area contributed by atoms with Gasteiger partial charge in [-0.1, -0.05) is 33.6 Å². The zero-order valence-electron chi connectivity index (χ0n) is 18.6. The standard InChI is InChI=1S/C22H37N3O5/c1-5-6-7-10-24-20(28)18-22-9-8-15(30-22)16(19(27)23-4)17(22)21(29)25(18)14(12-26)11-13(2)3/h13-18,26H,5-12H2,1-4H3,(H,23,27)(H,24,28)/t14-,15-,16+,17+,18?,22?/m1/s1. The molecule has 3 saturated heterocycles. The first kappa shape index (κ1) is 23.0. The number of ether oxygens (including phenoxy) is 1. The molecular weight excluding hydrogens is 386 g/mol. The van der Waals surface area contributed by atoms with Crippen LogP contribution >= 0.6 is 0 Å². The van der Waals surface area contributed by atoms with Crippen LogP contribution < -0.4 is 10.6 Å². The summed E-state index contributed by atoms with van der Waals surface area (Å²) in [5.74, 6) is -1.71. The first-order valence-corrected chi connectivity index (χ1v) is 11.4. The normalized spacial score (nSPS) is 33.1. The molecule has 0 aromatic heterocycles. The number of likely N-dealkylation sites (tertiary alicyclic amines) is 1. The lowest BCUT2D eigenvalue weighted by Gasteiger charge is -2.37. The van der Waals surface area contributed by atoms with Crippen LogP contribution in [0.3, 0.4) is 0 Å². The molecule has 8 nitrogen and oxygen atoms in total. The number of nitrogens with zero attached hydrogens (tertiary/aromatic N) is 1. The highest BCUT2D eigenvalue weighted by Crippen LogP contribution is 2.58. The van der Waals surface area contributed by atoms with Gasteiger partial charge in [-0.15, -0.1) is 0 Å². The Morgan fingerprint density at radius 1 is 1.30 bits per heavy atom. The lowest BCUT2D eigenvalue weighted by molar-refractivity contribution is -0.146. The SMILES string of the molecule is CCCCCNC(=O)C1N([C@@H](CO)CC(C)C)C(=O)[C@@H]2[C@@H](C(=O)NC)[C@H]3CCC12O3. The Hall–Kier alpha value is -1.67. The topological polar surface area (TPSA) is 108 Å². The van der Waals surface area contributed by atoms with Gasteiger partial charge in [0, 0.05) is 13.6 Å². The summed E-state index contributed by atoms with van der Waals surface area (Å²) >= 11 is 0. The monoisotopic (exact) mass is 423 g/mol. The number of carbonyl (C=O) groups excluding carboxylic acids is 3. The molecule has 0 aromatic rings. The van der Waals surface area contributed by atoms with E-state index < -0.39 is 29.5 Å². The van der Waals surface area contributed by atoms with Gasteiger partial charge in [0.05, 0.1) is 30.6 Å². The van der Waals surface area contributed by atoms with Crippen molar-refractivity contribution in [1.82, 2.24) is 15.5 Å². The van der Waals surface area contributed by atoms with Crippen molar-refractivity contribution in [3.8, 4) is 0 Å². The highest BCUT2D eigenvalue weighted by Gasteiger charge is 2.74. The van der Waals surface area contributed by atoms with E-state index in [9.17, 15) is 19.5 Å². The highest BCUT2D eigenvalue weighted by atomic mass is 16.5. The van der Waals surface area contributed by atoms with E-state index in [1.54, 1.807) is 11.9 Å². The Morgan fingerprint density at radius 3 is 2.63 bits per heavy atom. The molecule has 3 aliphatic rings. The summed E-state index contributed by atoms with van der Waals surface area (Å²) in [7, 11) is 1.56. The van der Waals surface area contributed by atoms with Crippen molar-refractivity contribution in [2.45, 2.75) is 83.1 Å². The summed E-state index contributed by atoms with van der Waals surface area (Å²) < 4.78 is 6.32. The molecule has 3 heterocycles. The molecule has 1 spiro atoms. The molecule has 0 radical (unpaired) electrons. The third-order valence-electron chi connectivity index (χ3n) is 6.96. The number of aliphatic hydroxyl groups is 1. The van der Waals surface area contributed by atoms with Crippen LogP contribution in [0, 0.1) is 17.8 Å². The van der Waals surface area contributed by atoms with E-state index in [1.807, 2.05) is 13.8 Å². The number of hydrogen-bond acceptors (Lipinski definition) is 5. The fourth-order valence-electron chi connectivity index (χ4n) is 5.75. The van der Waals surface area contributed by atoms with E-state index in [4.69, 9.17) is 4.74 Å². The van der Waals surface area contributed by atoms with Crippen LogP contribution in [0.2, 0.25) is 0 Å². The Bertz CT molecular complexity index is 669. The Balaban J connectivity index is 1.95. The van der Waals surface area contributed by atoms with Crippen LogP contribution in [0.15, 0.2) is 0 Å². The number of rotatable bonds is 10. The molecule has 0 saturated carbocycles. The fraction of sp³-hybridized carbons (Fsp3) is 0.864. The van der Waals surface area contributed by atoms with Gasteiger partial charge in [-0.3, -0.25) is 14.4 Å². The molecule has 3 aliphatic heterocycles. The number of aliphatic hydroxyl groups excluding tert-OH is 1. The lowest BCUT2D eigenvalue weighted by Crippen LogP contribution is -2.58. The molecule has 8 heteroatoms. The summed E-state index contributed by atoms with van der Waals surface area (Å²) in [6.45, 7) is 6.47. The maximum atomic E-state index is 13.7. The largest absolute Gasteiger partial charge is 0.394 e. The summed E-state index contributed by atoms with van der Waals surface area (Å²) in [4.78, 5) is 41.2. The maximum absolute atomic E-state index is 13.7. The molecule has 170 valence electrons. The van der Waals surface area contributed by atoms with Crippen molar-refractivity contribution in [3.05, 3.63) is 0 Å². The summed E-state index contributed by atoms with van der Waals surface area (Å²) in [5.41, 5.74) is -0.988. The van der Waals surface area contributed by atoms with Crippen LogP contribution in [-0.2, 0) is 19.1 Å². The minimum atomic E-state index is -0.988. The molecular formula is C22H37N3O5. The van der Waals surface area contributed by atoms with E-state index in [0.29, 0.717) is 25.8 Å². The molecule has 0 aromatic carbocycles. The molecule has 3 rings (SSSR count). The van der Waals surface area contributed by atoms with Crippen LogP contribution in [0.1, 0.15) is 59.3 Å². The molecule has 2 bridgehead atoms. The Labute approximate surface area is 179 Å². The third kappa shape index (κ3) is 3.73. The van der Waals surface area contributed by atoms with Crippen molar-refractivity contribution >= 4 is 17.7 Å².